The van der Waals surface area contributed by atoms with Gasteiger partial charge >= 0.3 is 0 Å². The van der Waals surface area contributed by atoms with Gasteiger partial charge in [-0.2, -0.15) is 0 Å². The normalized spacial score (nSPS) is 11.4. The van der Waals surface area contributed by atoms with Crippen molar-refractivity contribution in [2.45, 2.75) is 0 Å². The fraction of sp³-hybridized carbons (Fsp3) is 0. The second kappa shape index (κ2) is 4.49. The molecule has 3 heteroatoms. The molecule has 0 aliphatic rings. The summed E-state index contributed by atoms with van der Waals surface area (Å²) in [5.41, 5.74) is 2.07. The molecular weight excluding hydrogens is 202 g/mol. The molecule has 0 saturated carbocycles. The lowest BCUT2D eigenvalue weighted by atomic mass is 10.0. The van der Waals surface area contributed by atoms with Crippen molar-refractivity contribution in [2.75, 3.05) is 0 Å². The quantitative estimate of drug-likeness (QED) is 0.457. The molecule has 16 heavy (non-hydrogen) atoms. The lowest BCUT2D eigenvalue weighted by molar-refractivity contribution is 0.319. The van der Waals surface area contributed by atoms with Gasteiger partial charge in [0.15, 0.2) is 0 Å². The van der Waals surface area contributed by atoms with Gasteiger partial charge in [-0.15, -0.1) is 0 Å². The standard InChI is InChI=1S/C13H11NO2/c15-12-8-6-11(7-9-12)13(14-16)10-4-2-1-3-5-10/h1-9,15-16H/b14-13+. The molecule has 2 rings (SSSR count). The van der Waals surface area contributed by atoms with Crippen LogP contribution in [0.3, 0.4) is 0 Å². The van der Waals surface area contributed by atoms with Gasteiger partial charge in [0.2, 0.25) is 0 Å². The molecule has 0 aliphatic heterocycles. The molecular formula is C13H11NO2. The first-order chi connectivity index (χ1) is 7.81. The minimum atomic E-state index is 0.189. The average Bonchev–Trinajstić information content (AvgIpc) is 2.34. The van der Waals surface area contributed by atoms with Gasteiger partial charge in [-0.25, -0.2) is 0 Å². The summed E-state index contributed by atoms with van der Waals surface area (Å²) in [6.45, 7) is 0. The summed E-state index contributed by atoms with van der Waals surface area (Å²) in [6, 6.07) is 15.9. The number of hydrogen-bond donors (Lipinski definition) is 2. The fourth-order valence-electron chi connectivity index (χ4n) is 1.50. The maximum Gasteiger partial charge on any atom is 0.117 e. The largest absolute Gasteiger partial charge is 0.508 e. The highest BCUT2D eigenvalue weighted by Crippen LogP contribution is 2.14. The van der Waals surface area contributed by atoms with E-state index in [1.807, 2.05) is 30.3 Å². The third kappa shape index (κ3) is 2.03. The van der Waals surface area contributed by atoms with Crippen LogP contribution in [0.2, 0.25) is 0 Å². The molecule has 0 amide bonds. The first kappa shape index (κ1) is 10.2. The first-order valence-electron chi connectivity index (χ1n) is 4.88. The number of phenols is 1. The van der Waals surface area contributed by atoms with Crippen LogP contribution in [-0.2, 0) is 0 Å². The molecule has 0 fully saturated rings. The Morgan fingerprint density at radius 1 is 0.812 bits per heavy atom. The number of oxime groups is 1. The zero-order valence-corrected chi connectivity index (χ0v) is 8.54. The maximum absolute atomic E-state index is 9.18. The molecule has 0 heterocycles. The molecule has 3 nitrogen and oxygen atoms in total. The van der Waals surface area contributed by atoms with E-state index in [1.54, 1.807) is 24.3 Å². The molecule has 2 aromatic carbocycles. The molecule has 2 aromatic rings. The third-order valence-electron chi connectivity index (χ3n) is 2.29. The molecule has 0 aliphatic carbocycles. The second-order valence-electron chi connectivity index (χ2n) is 3.36. The van der Waals surface area contributed by atoms with Crippen molar-refractivity contribution in [3.8, 4) is 5.75 Å². The Bertz CT molecular complexity index is 489. The van der Waals surface area contributed by atoms with Gasteiger partial charge in [0.1, 0.15) is 11.5 Å². The van der Waals surface area contributed by atoms with E-state index in [1.165, 1.54) is 0 Å². The Hall–Kier alpha value is -2.29. The van der Waals surface area contributed by atoms with Crippen molar-refractivity contribution in [1.29, 1.82) is 0 Å². The van der Waals surface area contributed by atoms with Crippen LogP contribution in [0.4, 0.5) is 0 Å². The highest BCUT2D eigenvalue weighted by molar-refractivity contribution is 6.12. The molecule has 2 N–H and O–H groups in total. The van der Waals surface area contributed by atoms with Crippen molar-refractivity contribution in [3.63, 3.8) is 0 Å². The molecule has 0 unspecified atom stereocenters. The van der Waals surface area contributed by atoms with Crippen molar-refractivity contribution in [1.82, 2.24) is 0 Å². The van der Waals surface area contributed by atoms with Crippen LogP contribution in [0.15, 0.2) is 59.8 Å². The maximum atomic E-state index is 9.18. The smallest absolute Gasteiger partial charge is 0.117 e. The van der Waals surface area contributed by atoms with Crippen molar-refractivity contribution in [3.05, 3.63) is 65.7 Å². The molecule has 0 aromatic heterocycles. The lowest BCUT2D eigenvalue weighted by Crippen LogP contribution is -2.02. The Morgan fingerprint density at radius 3 is 1.94 bits per heavy atom. The molecule has 0 atom stereocenters. The van der Waals surface area contributed by atoms with E-state index in [4.69, 9.17) is 5.21 Å². The summed E-state index contributed by atoms with van der Waals surface area (Å²) in [5, 5.41) is 21.5. The zero-order chi connectivity index (χ0) is 11.4. The third-order valence-corrected chi connectivity index (χ3v) is 2.29. The van der Waals surface area contributed by atoms with Crippen LogP contribution < -0.4 is 0 Å². The van der Waals surface area contributed by atoms with Crippen LogP contribution in [0.25, 0.3) is 0 Å². The Kier molecular flexibility index (Phi) is 2.87. The van der Waals surface area contributed by atoms with Gasteiger partial charge < -0.3 is 10.3 Å². The second-order valence-corrected chi connectivity index (χ2v) is 3.36. The van der Waals surface area contributed by atoms with E-state index in [0.29, 0.717) is 5.71 Å². The highest BCUT2D eigenvalue weighted by atomic mass is 16.4. The topological polar surface area (TPSA) is 52.8 Å². The first-order valence-corrected chi connectivity index (χ1v) is 4.88. The van der Waals surface area contributed by atoms with Gasteiger partial charge in [-0.3, -0.25) is 0 Å². The summed E-state index contributed by atoms with van der Waals surface area (Å²) < 4.78 is 0. The predicted molar refractivity (Wildman–Crippen MR) is 62.0 cm³/mol. The van der Waals surface area contributed by atoms with E-state index in [2.05, 4.69) is 5.16 Å². The SMILES string of the molecule is O/N=C(\c1ccccc1)c1ccc(O)cc1. The molecule has 80 valence electrons. The number of nitrogens with zero attached hydrogens (tertiary/aromatic N) is 1. The predicted octanol–water partition coefficient (Wildman–Crippen LogP) is 2.62. The summed E-state index contributed by atoms with van der Waals surface area (Å²) in [6.07, 6.45) is 0. The van der Waals surface area contributed by atoms with Crippen molar-refractivity contribution < 1.29 is 10.3 Å². The minimum absolute atomic E-state index is 0.189. The van der Waals surface area contributed by atoms with Gasteiger partial charge in [0, 0.05) is 11.1 Å². The molecule has 0 saturated heterocycles. The Labute approximate surface area is 93.3 Å². The number of benzene rings is 2. The van der Waals surface area contributed by atoms with E-state index in [-0.39, 0.29) is 5.75 Å². The molecule has 0 radical (unpaired) electrons. The molecule has 0 spiro atoms. The van der Waals surface area contributed by atoms with Crippen LogP contribution in [0, 0.1) is 0 Å². The number of phenolic OH excluding ortho intramolecular Hbond substituents is 1. The fourth-order valence-corrected chi connectivity index (χ4v) is 1.50. The zero-order valence-electron chi connectivity index (χ0n) is 8.54. The lowest BCUT2D eigenvalue weighted by Gasteiger charge is -2.04. The summed E-state index contributed by atoms with van der Waals surface area (Å²) in [7, 11) is 0. The van der Waals surface area contributed by atoms with Gasteiger partial charge in [-0.05, 0) is 24.3 Å². The van der Waals surface area contributed by atoms with E-state index in [0.717, 1.165) is 11.1 Å². The Balaban J connectivity index is 2.42. The van der Waals surface area contributed by atoms with Gasteiger partial charge in [-0.1, -0.05) is 35.5 Å². The Morgan fingerprint density at radius 2 is 1.38 bits per heavy atom. The van der Waals surface area contributed by atoms with Crippen LogP contribution >= 0.6 is 0 Å². The summed E-state index contributed by atoms with van der Waals surface area (Å²) >= 11 is 0. The average molecular weight is 213 g/mol. The number of aromatic hydroxyl groups is 1. The van der Waals surface area contributed by atoms with Gasteiger partial charge in [0.25, 0.3) is 0 Å². The number of rotatable bonds is 2. The summed E-state index contributed by atoms with van der Waals surface area (Å²) in [5.74, 6) is 0.189. The minimum Gasteiger partial charge on any atom is -0.508 e. The van der Waals surface area contributed by atoms with Crippen LogP contribution in [-0.4, -0.2) is 16.0 Å². The van der Waals surface area contributed by atoms with Crippen molar-refractivity contribution in [2.24, 2.45) is 5.16 Å². The van der Waals surface area contributed by atoms with E-state index in [9.17, 15) is 5.11 Å². The number of hydrogen-bond acceptors (Lipinski definition) is 3. The van der Waals surface area contributed by atoms with Crippen LogP contribution in [0.5, 0.6) is 5.75 Å². The summed E-state index contributed by atoms with van der Waals surface area (Å²) in [4.78, 5) is 0. The monoisotopic (exact) mass is 213 g/mol. The van der Waals surface area contributed by atoms with E-state index < -0.39 is 0 Å². The van der Waals surface area contributed by atoms with Crippen LogP contribution in [0.1, 0.15) is 11.1 Å². The van der Waals surface area contributed by atoms with Crippen molar-refractivity contribution >= 4 is 5.71 Å². The van der Waals surface area contributed by atoms with E-state index >= 15 is 0 Å². The highest BCUT2D eigenvalue weighted by Gasteiger charge is 2.06. The molecule has 0 bridgehead atoms. The van der Waals surface area contributed by atoms with Gasteiger partial charge in [0.05, 0.1) is 0 Å².